The number of likely N-dealkylation sites (N-methyl/N-ethyl adjacent to an activating group) is 1. The third-order valence-electron chi connectivity index (χ3n) is 6.99. The van der Waals surface area contributed by atoms with Crippen molar-refractivity contribution in [3.63, 3.8) is 0 Å². The van der Waals surface area contributed by atoms with Gasteiger partial charge in [-0.2, -0.15) is 0 Å². The third kappa shape index (κ3) is 9.03. The Bertz CT molecular complexity index is 1070. The predicted octanol–water partition coefficient (Wildman–Crippen LogP) is 3.18. The van der Waals surface area contributed by atoms with Crippen molar-refractivity contribution in [1.29, 1.82) is 0 Å². The van der Waals surface area contributed by atoms with Crippen molar-refractivity contribution >= 4 is 18.2 Å². The van der Waals surface area contributed by atoms with Crippen molar-refractivity contribution in [2.75, 3.05) is 27.4 Å². The number of aliphatic hydroxyl groups is 1. The van der Waals surface area contributed by atoms with Gasteiger partial charge >= 0.3 is 18.2 Å². The summed E-state index contributed by atoms with van der Waals surface area (Å²) >= 11 is 0. The fourth-order valence-electron chi connectivity index (χ4n) is 5.17. The molecule has 2 saturated heterocycles. The summed E-state index contributed by atoms with van der Waals surface area (Å²) in [5.74, 6) is -0.723. The first kappa shape index (κ1) is 33.6. The van der Waals surface area contributed by atoms with Gasteiger partial charge in [-0.3, -0.25) is 0 Å². The van der Waals surface area contributed by atoms with Gasteiger partial charge in [0.2, 0.25) is 0 Å². The first-order valence-corrected chi connectivity index (χ1v) is 14.2. The summed E-state index contributed by atoms with van der Waals surface area (Å²) in [4.78, 5) is 39.9. The zero-order chi connectivity index (χ0) is 31.3. The lowest BCUT2D eigenvalue weighted by atomic mass is 9.89. The Morgan fingerprint density at radius 2 is 1.74 bits per heavy atom. The van der Waals surface area contributed by atoms with Crippen LogP contribution < -0.4 is 5.32 Å². The fourth-order valence-corrected chi connectivity index (χ4v) is 5.17. The average Bonchev–Trinajstić information content (AvgIpc) is 3.27. The number of hydrogen-bond acceptors (Lipinski definition) is 10. The van der Waals surface area contributed by atoms with Gasteiger partial charge in [0.1, 0.15) is 29.5 Å². The number of aliphatic hydroxyl groups excluding tert-OH is 1. The lowest BCUT2D eigenvalue weighted by Crippen LogP contribution is -2.61. The van der Waals surface area contributed by atoms with Crippen molar-refractivity contribution in [2.45, 2.75) is 108 Å². The van der Waals surface area contributed by atoms with Crippen LogP contribution in [0.4, 0.5) is 9.59 Å². The Hall–Kier alpha value is -2.93. The summed E-state index contributed by atoms with van der Waals surface area (Å²) in [6, 6.07) is 7.79. The zero-order valence-electron chi connectivity index (χ0n) is 25.9. The van der Waals surface area contributed by atoms with Gasteiger partial charge in [-0.05, 0) is 47.1 Å². The van der Waals surface area contributed by atoms with Crippen LogP contribution in [-0.4, -0.2) is 103 Å². The van der Waals surface area contributed by atoms with Crippen LogP contribution in [0.15, 0.2) is 30.3 Å². The number of ether oxygens (including phenoxy) is 6. The summed E-state index contributed by atoms with van der Waals surface area (Å²) in [5.41, 5.74) is -1.88. The maximum absolute atomic E-state index is 13.2. The highest BCUT2D eigenvalue weighted by atomic mass is 16.6. The molecule has 236 valence electrons. The molecule has 2 amide bonds. The average molecular weight is 595 g/mol. The molecule has 1 aromatic carbocycles. The second-order valence-electron chi connectivity index (χ2n) is 12.8. The van der Waals surface area contributed by atoms with Crippen molar-refractivity contribution < 1.29 is 47.9 Å². The SMILES string of the molecule is COC(=O)[C@H](CC1(CO)C[C@H]2OC[C@@H](OCc3ccccc3)[C@@H](N(C)C(=O)OC(C)(C)C)[C@H]2O1)NC(=O)OC(C)(C)C. The topological polar surface area (TPSA) is 142 Å². The number of carbonyl (C=O) groups is 3. The second-order valence-corrected chi connectivity index (χ2v) is 12.8. The number of hydrogen-bond donors (Lipinski definition) is 2. The number of benzene rings is 1. The van der Waals surface area contributed by atoms with E-state index in [1.165, 1.54) is 12.0 Å². The fraction of sp³-hybridized carbons (Fsp3) is 0.700. The van der Waals surface area contributed by atoms with E-state index in [-0.39, 0.29) is 26.1 Å². The van der Waals surface area contributed by atoms with Gasteiger partial charge in [-0.25, -0.2) is 14.4 Å². The molecule has 0 spiro atoms. The Morgan fingerprint density at radius 1 is 1.10 bits per heavy atom. The van der Waals surface area contributed by atoms with E-state index in [2.05, 4.69) is 5.32 Å². The molecule has 6 atom stereocenters. The van der Waals surface area contributed by atoms with E-state index >= 15 is 0 Å². The number of esters is 1. The van der Waals surface area contributed by atoms with Gasteiger partial charge < -0.3 is 43.7 Å². The lowest BCUT2D eigenvalue weighted by Gasteiger charge is -2.43. The van der Waals surface area contributed by atoms with Crippen LogP contribution in [-0.2, 0) is 39.8 Å². The molecule has 2 aliphatic rings. The number of carbonyl (C=O) groups excluding carboxylic acids is 3. The van der Waals surface area contributed by atoms with Crippen LogP contribution in [0.3, 0.4) is 0 Å². The summed E-state index contributed by atoms with van der Waals surface area (Å²) in [7, 11) is 2.82. The molecule has 0 bridgehead atoms. The van der Waals surface area contributed by atoms with Gasteiger partial charge in [0, 0.05) is 19.9 Å². The number of fused-ring (bicyclic) bond motifs is 1. The molecule has 2 aliphatic heterocycles. The number of alkyl carbamates (subject to hydrolysis) is 1. The summed E-state index contributed by atoms with van der Waals surface area (Å²) in [5, 5.41) is 13.1. The van der Waals surface area contributed by atoms with E-state index in [9.17, 15) is 19.5 Å². The van der Waals surface area contributed by atoms with Gasteiger partial charge in [-0.15, -0.1) is 0 Å². The van der Waals surface area contributed by atoms with Crippen LogP contribution in [0, 0.1) is 0 Å². The van der Waals surface area contributed by atoms with Crippen LogP contribution in [0.2, 0.25) is 0 Å². The molecule has 1 aromatic rings. The Labute approximate surface area is 247 Å². The van der Waals surface area contributed by atoms with E-state index < -0.39 is 72.0 Å². The Balaban J connectivity index is 1.86. The molecule has 12 nitrogen and oxygen atoms in total. The Morgan fingerprint density at radius 3 is 2.31 bits per heavy atom. The predicted molar refractivity (Wildman–Crippen MR) is 152 cm³/mol. The molecule has 12 heteroatoms. The lowest BCUT2D eigenvalue weighted by molar-refractivity contribution is -0.185. The number of amides is 2. The molecule has 0 aromatic heterocycles. The minimum atomic E-state index is -1.30. The molecule has 0 radical (unpaired) electrons. The molecular formula is C30H46N2O10. The minimum Gasteiger partial charge on any atom is -0.467 e. The van der Waals surface area contributed by atoms with Crippen molar-refractivity contribution in [1.82, 2.24) is 10.2 Å². The molecule has 2 N–H and O–H groups in total. The quantitative estimate of drug-likeness (QED) is 0.323. The standard InChI is InChI=1S/C30H46N2O10/c1-28(2,3)41-26(35)31-20(25(34)37-8)14-30(18-33)15-21-24(40-30)23(32(7)27(36)42-29(4,5)6)22(17-39-21)38-16-19-12-10-9-11-13-19/h9-13,20-24,33H,14-18H2,1-8H3,(H,31,35)/t20-,21+,22+,23+,24-,30?/m0/s1. The summed E-state index contributed by atoms with van der Waals surface area (Å²) in [6.45, 7) is 10.4. The van der Waals surface area contributed by atoms with E-state index in [1.807, 2.05) is 30.3 Å². The summed E-state index contributed by atoms with van der Waals surface area (Å²) in [6.07, 6.45) is -3.16. The van der Waals surface area contributed by atoms with Crippen molar-refractivity contribution in [2.24, 2.45) is 0 Å². The van der Waals surface area contributed by atoms with E-state index in [1.54, 1.807) is 48.6 Å². The number of nitrogens with zero attached hydrogens (tertiary/aromatic N) is 1. The van der Waals surface area contributed by atoms with Gasteiger partial charge in [0.05, 0.1) is 44.7 Å². The van der Waals surface area contributed by atoms with Gasteiger partial charge in [0.15, 0.2) is 0 Å². The monoisotopic (exact) mass is 594 g/mol. The molecule has 0 saturated carbocycles. The summed E-state index contributed by atoms with van der Waals surface area (Å²) < 4.78 is 34.8. The number of rotatable bonds is 9. The maximum atomic E-state index is 13.2. The maximum Gasteiger partial charge on any atom is 0.410 e. The molecule has 42 heavy (non-hydrogen) atoms. The van der Waals surface area contributed by atoms with E-state index in [0.29, 0.717) is 0 Å². The Kier molecular flexibility index (Phi) is 10.9. The first-order chi connectivity index (χ1) is 19.6. The highest BCUT2D eigenvalue weighted by Crippen LogP contribution is 2.42. The minimum absolute atomic E-state index is 0.121. The highest BCUT2D eigenvalue weighted by molar-refractivity contribution is 5.81. The largest absolute Gasteiger partial charge is 0.467 e. The molecule has 0 aliphatic carbocycles. The smallest absolute Gasteiger partial charge is 0.410 e. The zero-order valence-corrected chi connectivity index (χ0v) is 25.9. The molecule has 2 fully saturated rings. The first-order valence-electron chi connectivity index (χ1n) is 14.2. The van der Waals surface area contributed by atoms with Crippen LogP contribution in [0.1, 0.15) is 59.9 Å². The normalized spacial score (nSPS) is 26.5. The molecular weight excluding hydrogens is 548 g/mol. The van der Waals surface area contributed by atoms with Crippen LogP contribution >= 0.6 is 0 Å². The second kappa shape index (κ2) is 13.6. The molecule has 1 unspecified atom stereocenters. The van der Waals surface area contributed by atoms with Gasteiger partial charge in [0.25, 0.3) is 0 Å². The number of nitrogens with one attached hydrogen (secondary N) is 1. The third-order valence-corrected chi connectivity index (χ3v) is 6.99. The number of methoxy groups -OCH3 is 1. The highest BCUT2D eigenvalue weighted by Gasteiger charge is 2.57. The van der Waals surface area contributed by atoms with Crippen LogP contribution in [0.25, 0.3) is 0 Å². The van der Waals surface area contributed by atoms with E-state index in [0.717, 1.165) is 5.56 Å². The molecule has 2 heterocycles. The van der Waals surface area contributed by atoms with Crippen LogP contribution in [0.5, 0.6) is 0 Å². The van der Waals surface area contributed by atoms with Gasteiger partial charge in [-0.1, -0.05) is 30.3 Å². The van der Waals surface area contributed by atoms with Crippen molar-refractivity contribution in [3.05, 3.63) is 35.9 Å². The van der Waals surface area contributed by atoms with Crippen molar-refractivity contribution in [3.8, 4) is 0 Å². The van der Waals surface area contributed by atoms with E-state index in [4.69, 9.17) is 28.4 Å². The molecule has 3 rings (SSSR count).